The van der Waals surface area contributed by atoms with Crippen molar-refractivity contribution in [3.05, 3.63) is 47.2 Å². The zero-order valence-electron chi connectivity index (χ0n) is 10.1. The molecule has 0 unspecified atom stereocenters. The molecule has 0 spiro atoms. The number of hydrogen-bond acceptors (Lipinski definition) is 2. The number of hydrogen-bond donors (Lipinski definition) is 0. The molecule has 1 aromatic heterocycles. The quantitative estimate of drug-likeness (QED) is 0.832. The van der Waals surface area contributed by atoms with Crippen molar-refractivity contribution in [3.63, 3.8) is 0 Å². The fraction of sp³-hybridized carbons (Fsp3) is 0.308. The lowest BCUT2D eigenvalue weighted by molar-refractivity contribution is 0.717. The summed E-state index contributed by atoms with van der Waals surface area (Å²) in [7, 11) is 0. The normalized spacial score (nSPS) is 11.8. The van der Waals surface area contributed by atoms with Crippen molar-refractivity contribution in [1.82, 2.24) is 9.78 Å². The highest BCUT2D eigenvalue weighted by Crippen LogP contribution is 2.32. The molecule has 2 rings (SSSR count). The molecule has 1 aromatic carbocycles. The van der Waals surface area contributed by atoms with Gasteiger partial charge in [-0.1, -0.05) is 11.6 Å². The lowest BCUT2D eigenvalue weighted by Gasteiger charge is -2.18. The maximum absolute atomic E-state index is 5.87. The molecule has 0 saturated heterocycles. The van der Waals surface area contributed by atoms with Crippen LogP contribution in [0.5, 0.6) is 0 Å². The molecule has 0 amide bonds. The number of halogens is 1. The minimum atomic E-state index is 0.0394. The second kappa shape index (κ2) is 4.75. The van der Waals surface area contributed by atoms with Crippen molar-refractivity contribution in [2.24, 2.45) is 0 Å². The molecule has 2 nitrogen and oxygen atoms in total. The van der Waals surface area contributed by atoms with Gasteiger partial charge in [0.05, 0.1) is 16.1 Å². The number of benzene rings is 1. The second-order valence-electron chi connectivity index (χ2n) is 4.34. The van der Waals surface area contributed by atoms with Crippen LogP contribution in [-0.2, 0) is 4.75 Å². The van der Waals surface area contributed by atoms with Gasteiger partial charge in [0.1, 0.15) is 0 Å². The fourth-order valence-electron chi connectivity index (χ4n) is 1.49. The largest absolute Gasteiger partial charge is 0.241 e. The Kier molecular flexibility index (Phi) is 3.50. The standard InChI is InChI=1S/C13H15ClN2S/c1-13(2,17-3)12-8-9-16(15-12)11-6-4-10(14)5-7-11/h4-9H,1-3H3. The number of nitrogens with zero attached hydrogens (tertiary/aromatic N) is 2. The summed E-state index contributed by atoms with van der Waals surface area (Å²) in [6.45, 7) is 4.35. The van der Waals surface area contributed by atoms with Crippen LogP contribution in [0.25, 0.3) is 5.69 Å². The van der Waals surface area contributed by atoms with Gasteiger partial charge in [-0.3, -0.25) is 0 Å². The van der Waals surface area contributed by atoms with Crippen LogP contribution in [0.1, 0.15) is 19.5 Å². The molecule has 0 saturated carbocycles. The third-order valence-electron chi connectivity index (χ3n) is 2.81. The molecule has 90 valence electrons. The SMILES string of the molecule is CSC(C)(C)c1ccn(-c2ccc(Cl)cc2)n1. The Morgan fingerprint density at radius 2 is 1.82 bits per heavy atom. The summed E-state index contributed by atoms with van der Waals surface area (Å²) in [6.07, 6.45) is 4.08. The Labute approximate surface area is 111 Å². The van der Waals surface area contributed by atoms with Gasteiger partial charge in [0.25, 0.3) is 0 Å². The molecule has 2 aromatic rings. The number of rotatable bonds is 3. The maximum Gasteiger partial charge on any atom is 0.0783 e. The zero-order valence-corrected chi connectivity index (χ0v) is 11.7. The molecule has 4 heteroatoms. The Morgan fingerprint density at radius 1 is 1.18 bits per heavy atom. The lowest BCUT2D eigenvalue weighted by Crippen LogP contribution is -2.12. The van der Waals surface area contributed by atoms with E-state index in [0.29, 0.717) is 0 Å². The van der Waals surface area contributed by atoms with Gasteiger partial charge in [0, 0.05) is 11.2 Å². The van der Waals surface area contributed by atoms with Gasteiger partial charge >= 0.3 is 0 Å². The molecule has 0 N–H and O–H groups in total. The van der Waals surface area contributed by atoms with Crippen LogP contribution in [0.4, 0.5) is 0 Å². The van der Waals surface area contributed by atoms with E-state index in [-0.39, 0.29) is 4.75 Å². The first-order valence-corrected chi connectivity index (χ1v) is 7.00. The predicted octanol–water partition coefficient (Wildman–Crippen LogP) is 4.12. The van der Waals surface area contributed by atoms with Gasteiger partial charge in [0.2, 0.25) is 0 Å². The molecule has 17 heavy (non-hydrogen) atoms. The average Bonchev–Trinajstić information content (AvgIpc) is 2.80. The van der Waals surface area contributed by atoms with Crippen LogP contribution in [0.3, 0.4) is 0 Å². The smallest absolute Gasteiger partial charge is 0.0783 e. The van der Waals surface area contributed by atoms with Gasteiger partial charge < -0.3 is 0 Å². The van der Waals surface area contributed by atoms with Crippen molar-refractivity contribution in [3.8, 4) is 5.69 Å². The lowest BCUT2D eigenvalue weighted by atomic mass is 10.1. The minimum absolute atomic E-state index is 0.0394. The van der Waals surface area contributed by atoms with Crippen molar-refractivity contribution >= 4 is 23.4 Å². The van der Waals surface area contributed by atoms with E-state index in [4.69, 9.17) is 11.6 Å². The molecule has 0 aliphatic carbocycles. The molecular formula is C13H15ClN2S. The van der Waals surface area contributed by atoms with Gasteiger partial charge in [-0.25, -0.2) is 4.68 Å². The highest BCUT2D eigenvalue weighted by atomic mass is 35.5. The van der Waals surface area contributed by atoms with Crippen LogP contribution in [0.15, 0.2) is 36.5 Å². The molecule has 0 fully saturated rings. The van der Waals surface area contributed by atoms with Gasteiger partial charge in [-0.15, -0.1) is 0 Å². The predicted molar refractivity (Wildman–Crippen MR) is 75.1 cm³/mol. The Morgan fingerprint density at radius 3 is 2.41 bits per heavy atom. The Bertz CT molecular complexity index is 502. The van der Waals surface area contributed by atoms with Crippen molar-refractivity contribution in [2.75, 3.05) is 6.26 Å². The van der Waals surface area contributed by atoms with Crippen LogP contribution in [0, 0.1) is 0 Å². The van der Waals surface area contributed by atoms with Gasteiger partial charge in [0.15, 0.2) is 0 Å². The molecule has 1 heterocycles. The van der Waals surface area contributed by atoms with E-state index in [9.17, 15) is 0 Å². The topological polar surface area (TPSA) is 17.8 Å². The van der Waals surface area contributed by atoms with E-state index >= 15 is 0 Å². The van der Waals surface area contributed by atoms with Crippen molar-refractivity contribution < 1.29 is 0 Å². The summed E-state index contributed by atoms with van der Waals surface area (Å²) in [5.74, 6) is 0. The van der Waals surface area contributed by atoms with Gasteiger partial charge in [-0.05, 0) is 50.4 Å². The monoisotopic (exact) mass is 266 g/mol. The molecule has 0 radical (unpaired) electrons. The van der Waals surface area contributed by atoms with Crippen LogP contribution in [0.2, 0.25) is 5.02 Å². The average molecular weight is 267 g/mol. The summed E-state index contributed by atoms with van der Waals surface area (Å²) in [5.41, 5.74) is 2.11. The third kappa shape index (κ3) is 2.67. The van der Waals surface area contributed by atoms with E-state index < -0.39 is 0 Å². The Hall–Kier alpha value is -0.930. The van der Waals surface area contributed by atoms with Gasteiger partial charge in [-0.2, -0.15) is 16.9 Å². The number of aromatic nitrogens is 2. The van der Waals surface area contributed by atoms with Crippen molar-refractivity contribution in [1.29, 1.82) is 0 Å². The highest BCUT2D eigenvalue weighted by Gasteiger charge is 2.21. The van der Waals surface area contributed by atoms with E-state index in [1.54, 1.807) is 11.8 Å². The summed E-state index contributed by atoms with van der Waals surface area (Å²) in [6, 6.07) is 9.73. The summed E-state index contributed by atoms with van der Waals surface area (Å²) >= 11 is 7.66. The van der Waals surface area contributed by atoms with Crippen molar-refractivity contribution in [2.45, 2.75) is 18.6 Å². The molecular weight excluding hydrogens is 252 g/mol. The zero-order chi connectivity index (χ0) is 12.5. The van der Waals surface area contributed by atoms with E-state index in [0.717, 1.165) is 16.4 Å². The molecule has 0 bridgehead atoms. The van der Waals surface area contributed by atoms with E-state index in [2.05, 4.69) is 31.3 Å². The van der Waals surface area contributed by atoms with Crippen LogP contribution >= 0.6 is 23.4 Å². The van der Waals surface area contributed by atoms with E-state index in [1.165, 1.54) is 0 Å². The first kappa shape index (κ1) is 12.5. The minimum Gasteiger partial charge on any atom is -0.241 e. The first-order valence-electron chi connectivity index (χ1n) is 5.40. The highest BCUT2D eigenvalue weighted by molar-refractivity contribution is 7.99. The molecule has 0 aliphatic rings. The first-order chi connectivity index (χ1) is 8.03. The fourth-order valence-corrected chi connectivity index (χ4v) is 1.93. The summed E-state index contributed by atoms with van der Waals surface area (Å²) in [5, 5.41) is 5.35. The molecule has 0 aliphatic heterocycles. The number of thioether (sulfide) groups is 1. The maximum atomic E-state index is 5.87. The summed E-state index contributed by atoms with van der Waals surface area (Å²) < 4.78 is 1.92. The van der Waals surface area contributed by atoms with Crippen LogP contribution in [-0.4, -0.2) is 16.0 Å². The third-order valence-corrected chi connectivity index (χ3v) is 4.29. The second-order valence-corrected chi connectivity index (χ2v) is 6.20. The molecule has 0 atom stereocenters. The summed E-state index contributed by atoms with van der Waals surface area (Å²) in [4.78, 5) is 0. The van der Waals surface area contributed by atoms with Crippen LogP contribution < -0.4 is 0 Å². The van der Waals surface area contributed by atoms with E-state index in [1.807, 2.05) is 35.1 Å². The Balaban J connectivity index is 2.33.